The Labute approximate surface area is 171 Å². The quantitative estimate of drug-likeness (QED) is 0.795. The highest BCUT2D eigenvalue weighted by Gasteiger charge is 2.35. The Balaban J connectivity index is 1.76. The first-order chi connectivity index (χ1) is 13.5. The van der Waals surface area contributed by atoms with Gasteiger partial charge in [-0.2, -0.15) is 4.31 Å². The van der Waals surface area contributed by atoms with Gasteiger partial charge in [0.15, 0.2) is 6.61 Å². The highest BCUT2D eigenvalue weighted by Crippen LogP contribution is 2.32. The summed E-state index contributed by atoms with van der Waals surface area (Å²) in [6.45, 7) is 5.81. The lowest BCUT2D eigenvalue weighted by Crippen LogP contribution is -2.51. The fourth-order valence-corrected chi connectivity index (χ4v) is 4.85. The lowest BCUT2D eigenvalue weighted by molar-refractivity contribution is -0.118. The van der Waals surface area contributed by atoms with Crippen molar-refractivity contribution in [2.24, 2.45) is 0 Å². The van der Waals surface area contributed by atoms with E-state index in [9.17, 15) is 18.0 Å². The second kappa shape index (κ2) is 7.83. The molecule has 1 saturated heterocycles. The topological polar surface area (TPSA) is 105 Å². The number of likely N-dealkylation sites (N-methyl/N-ethyl adjacent to an activating group) is 1. The summed E-state index contributed by atoms with van der Waals surface area (Å²) < 4.78 is 38.4. The smallest absolute Gasteiger partial charge is 0.410 e. The molecule has 0 aromatic heterocycles. The number of piperidine rings is 1. The van der Waals surface area contributed by atoms with Crippen LogP contribution in [0.1, 0.15) is 33.6 Å². The van der Waals surface area contributed by atoms with Gasteiger partial charge >= 0.3 is 6.09 Å². The van der Waals surface area contributed by atoms with Crippen molar-refractivity contribution in [1.29, 1.82) is 0 Å². The molecule has 2 amide bonds. The summed E-state index contributed by atoms with van der Waals surface area (Å²) in [5.41, 5.74) is -0.289. The van der Waals surface area contributed by atoms with Crippen LogP contribution in [-0.2, 0) is 19.6 Å². The maximum absolute atomic E-state index is 13.2. The molecule has 9 nitrogen and oxygen atoms in total. The first-order valence-electron chi connectivity index (χ1n) is 9.50. The maximum atomic E-state index is 13.2. The zero-order chi connectivity index (χ0) is 21.4. The number of nitrogens with one attached hydrogen (secondary N) is 1. The summed E-state index contributed by atoms with van der Waals surface area (Å²) in [5, 5.41) is 2.62. The molecule has 1 aromatic carbocycles. The van der Waals surface area contributed by atoms with Crippen LogP contribution in [-0.4, -0.2) is 68.0 Å². The molecule has 2 aliphatic rings. The number of carbonyl (C=O) groups is 2. The normalized spacial score (nSPS) is 20.3. The zero-order valence-corrected chi connectivity index (χ0v) is 17.9. The van der Waals surface area contributed by atoms with Gasteiger partial charge in [-0.25, -0.2) is 13.2 Å². The number of fused-ring (bicyclic) bond motifs is 1. The number of hydrogen-bond acceptors (Lipinski definition) is 6. The number of rotatable bonds is 3. The summed E-state index contributed by atoms with van der Waals surface area (Å²) in [5.74, 6) is 0.105. The largest absolute Gasteiger partial charge is 0.482 e. The second-order valence-electron chi connectivity index (χ2n) is 8.25. The van der Waals surface area contributed by atoms with Gasteiger partial charge in [0.2, 0.25) is 10.0 Å². The molecule has 2 heterocycles. The van der Waals surface area contributed by atoms with Crippen molar-refractivity contribution in [1.82, 2.24) is 9.21 Å². The first-order valence-corrected chi connectivity index (χ1v) is 10.9. The van der Waals surface area contributed by atoms with Crippen LogP contribution in [0.3, 0.4) is 0 Å². The molecule has 1 unspecified atom stereocenters. The van der Waals surface area contributed by atoms with Crippen LogP contribution in [0.2, 0.25) is 0 Å². The second-order valence-corrected chi connectivity index (χ2v) is 10.2. The fourth-order valence-electron chi connectivity index (χ4n) is 3.31. The molecule has 1 aromatic rings. The minimum Gasteiger partial charge on any atom is -0.482 e. The van der Waals surface area contributed by atoms with E-state index in [1.165, 1.54) is 27.4 Å². The number of anilines is 1. The number of nitrogens with zero attached hydrogens (tertiary/aromatic N) is 2. The summed E-state index contributed by atoms with van der Waals surface area (Å²) in [6.07, 6.45) is 0.841. The minimum atomic E-state index is -3.79. The number of hydrogen-bond donors (Lipinski definition) is 1. The molecule has 3 rings (SSSR count). The lowest BCUT2D eigenvalue weighted by atomic mass is 10.1. The third kappa shape index (κ3) is 4.81. The third-order valence-electron chi connectivity index (χ3n) is 4.81. The number of amides is 2. The molecular weight excluding hydrogens is 398 g/mol. The molecule has 10 heteroatoms. The monoisotopic (exact) mass is 425 g/mol. The van der Waals surface area contributed by atoms with Crippen molar-refractivity contribution in [2.75, 3.05) is 32.1 Å². The Bertz CT molecular complexity index is 909. The SMILES string of the molecule is CN(C(=O)OC(C)(C)C)C1CCCN(S(=O)(=O)c2ccc3c(c2)NC(=O)CO3)C1. The lowest BCUT2D eigenvalue weighted by Gasteiger charge is -2.37. The predicted octanol–water partition coefficient (Wildman–Crippen LogP) is 2.04. The van der Waals surface area contributed by atoms with Crippen LogP contribution in [0.5, 0.6) is 5.75 Å². The first kappa shape index (κ1) is 21.4. The Morgan fingerprint density at radius 3 is 2.76 bits per heavy atom. The molecule has 0 aliphatic carbocycles. The Morgan fingerprint density at radius 2 is 2.07 bits per heavy atom. The van der Waals surface area contributed by atoms with E-state index in [-0.39, 0.29) is 30.0 Å². The van der Waals surface area contributed by atoms with Gasteiger partial charge < -0.3 is 19.7 Å². The Morgan fingerprint density at radius 1 is 1.34 bits per heavy atom. The van der Waals surface area contributed by atoms with E-state index in [4.69, 9.17) is 9.47 Å². The van der Waals surface area contributed by atoms with Crippen molar-refractivity contribution in [3.63, 3.8) is 0 Å². The van der Waals surface area contributed by atoms with Gasteiger partial charge in [0.1, 0.15) is 11.4 Å². The molecular formula is C19H27N3O6S. The average Bonchev–Trinajstić information content (AvgIpc) is 2.65. The van der Waals surface area contributed by atoms with Crippen LogP contribution >= 0.6 is 0 Å². The molecule has 1 fully saturated rings. The van der Waals surface area contributed by atoms with Gasteiger partial charge in [-0.3, -0.25) is 4.79 Å². The van der Waals surface area contributed by atoms with Gasteiger partial charge in [0, 0.05) is 26.2 Å². The molecule has 2 aliphatic heterocycles. The average molecular weight is 426 g/mol. The highest BCUT2D eigenvalue weighted by atomic mass is 32.2. The molecule has 29 heavy (non-hydrogen) atoms. The van der Waals surface area contributed by atoms with Gasteiger partial charge in [-0.15, -0.1) is 0 Å². The molecule has 0 spiro atoms. The molecule has 0 radical (unpaired) electrons. The summed E-state index contributed by atoms with van der Waals surface area (Å²) in [4.78, 5) is 25.4. The van der Waals surface area contributed by atoms with Crippen LogP contribution in [0.4, 0.5) is 10.5 Å². The standard InChI is InChI=1S/C19H27N3O6S/c1-19(2,3)28-18(24)21(4)13-6-5-9-22(11-13)29(25,26)14-7-8-16-15(10-14)20-17(23)12-27-16/h7-8,10,13H,5-6,9,11-12H2,1-4H3,(H,20,23). The molecule has 0 saturated carbocycles. The van der Waals surface area contributed by atoms with E-state index >= 15 is 0 Å². The summed E-state index contributed by atoms with van der Waals surface area (Å²) in [6, 6.07) is 4.13. The van der Waals surface area contributed by atoms with Crippen molar-refractivity contribution in [3.8, 4) is 5.75 Å². The van der Waals surface area contributed by atoms with Gasteiger partial charge in [-0.05, 0) is 51.8 Å². The highest BCUT2D eigenvalue weighted by molar-refractivity contribution is 7.89. The Kier molecular flexibility index (Phi) is 5.77. The van der Waals surface area contributed by atoms with E-state index in [1.54, 1.807) is 27.8 Å². The van der Waals surface area contributed by atoms with E-state index in [0.29, 0.717) is 30.8 Å². The maximum Gasteiger partial charge on any atom is 0.410 e. The van der Waals surface area contributed by atoms with Crippen molar-refractivity contribution >= 4 is 27.7 Å². The van der Waals surface area contributed by atoms with E-state index < -0.39 is 21.7 Å². The molecule has 1 atom stereocenters. The zero-order valence-electron chi connectivity index (χ0n) is 17.1. The van der Waals surface area contributed by atoms with Crippen LogP contribution in [0.15, 0.2) is 23.1 Å². The van der Waals surface area contributed by atoms with Crippen molar-refractivity contribution in [3.05, 3.63) is 18.2 Å². The minimum absolute atomic E-state index is 0.0719. The summed E-state index contributed by atoms with van der Waals surface area (Å²) >= 11 is 0. The molecule has 1 N–H and O–H groups in total. The van der Waals surface area contributed by atoms with E-state index in [1.807, 2.05) is 0 Å². The van der Waals surface area contributed by atoms with Gasteiger partial charge in [0.25, 0.3) is 5.91 Å². The van der Waals surface area contributed by atoms with Crippen LogP contribution in [0, 0.1) is 0 Å². The van der Waals surface area contributed by atoms with Gasteiger partial charge in [-0.1, -0.05) is 0 Å². The number of sulfonamides is 1. The van der Waals surface area contributed by atoms with E-state index in [0.717, 1.165) is 0 Å². The molecule has 160 valence electrons. The van der Waals surface area contributed by atoms with Crippen LogP contribution in [0.25, 0.3) is 0 Å². The number of carbonyl (C=O) groups excluding carboxylic acids is 2. The Hall–Kier alpha value is -2.33. The van der Waals surface area contributed by atoms with E-state index in [2.05, 4.69) is 5.32 Å². The molecule has 0 bridgehead atoms. The summed E-state index contributed by atoms with van der Waals surface area (Å²) in [7, 11) is -2.17. The number of benzene rings is 1. The van der Waals surface area contributed by atoms with Gasteiger partial charge in [0.05, 0.1) is 10.6 Å². The fraction of sp³-hybridized carbons (Fsp3) is 0.579. The van der Waals surface area contributed by atoms with Crippen molar-refractivity contribution < 1.29 is 27.5 Å². The van der Waals surface area contributed by atoms with Crippen molar-refractivity contribution in [2.45, 2.75) is 50.2 Å². The third-order valence-corrected chi connectivity index (χ3v) is 6.67. The van der Waals surface area contributed by atoms with Crippen LogP contribution < -0.4 is 10.1 Å². The predicted molar refractivity (Wildman–Crippen MR) is 106 cm³/mol. The number of ether oxygens (including phenoxy) is 2.